The maximum atomic E-state index is 13.2. The molecule has 146 valence electrons. The minimum absolute atomic E-state index is 0.0592. The molecule has 0 N–H and O–H groups in total. The summed E-state index contributed by atoms with van der Waals surface area (Å²) in [5, 5.41) is 4.55. The first-order valence-electron chi connectivity index (χ1n) is 9.56. The average molecular weight is 383 g/mol. The summed E-state index contributed by atoms with van der Waals surface area (Å²) in [6.45, 7) is 3.19. The summed E-state index contributed by atoms with van der Waals surface area (Å²) in [4.78, 5) is 32.1. The van der Waals surface area contributed by atoms with Crippen molar-refractivity contribution >= 4 is 16.9 Å². The van der Waals surface area contributed by atoms with E-state index in [4.69, 9.17) is 0 Å². The molecule has 0 bridgehead atoms. The molecule has 0 radical (unpaired) electrons. The fourth-order valence-corrected chi connectivity index (χ4v) is 3.65. The zero-order valence-corrected chi connectivity index (χ0v) is 15.7. The van der Waals surface area contributed by atoms with Crippen molar-refractivity contribution < 1.29 is 9.18 Å². The Hall–Kier alpha value is -3.03. The lowest BCUT2D eigenvalue weighted by atomic mass is 10.2. The van der Waals surface area contributed by atoms with E-state index < -0.39 is 6.04 Å². The minimum atomic E-state index is -0.628. The largest absolute Gasteiger partial charge is 0.341 e. The number of benzene rings is 1. The van der Waals surface area contributed by atoms with Crippen molar-refractivity contribution in [1.82, 2.24) is 24.2 Å². The molecule has 3 aromatic rings. The van der Waals surface area contributed by atoms with E-state index in [0.29, 0.717) is 16.7 Å². The molecule has 2 aromatic heterocycles. The first-order valence-corrected chi connectivity index (χ1v) is 9.56. The monoisotopic (exact) mass is 383 g/mol. The van der Waals surface area contributed by atoms with E-state index in [1.807, 2.05) is 4.90 Å². The van der Waals surface area contributed by atoms with Crippen LogP contribution in [0.1, 0.15) is 38.6 Å². The van der Waals surface area contributed by atoms with Crippen LogP contribution in [0.25, 0.3) is 16.7 Å². The van der Waals surface area contributed by atoms with E-state index in [-0.39, 0.29) is 17.3 Å². The maximum absolute atomic E-state index is 13.2. The van der Waals surface area contributed by atoms with Crippen LogP contribution in [0.5, 0.6) is 0 Å². The zero-order valence-electron chi connectivity index (χ0n) is 15.7. The Morgan fingerprint density at radius 1 is 1.11 bits per heavy atom. The first-order chi connectivity index (χ1) is 13.6. The maximum Gasteiger partial charge on any atom is 0.265 e. The van der Waals surface area contributed by atoms with Crippen molar-refractivity contribution in [3.8, 4) is 5.69 Å². The van der Waals surface area contributed by atoms with Crippen LogP contribution >= 0.6 is 0 Å². The van der Waals surface area contributed by atoms with Crippen LogP contribution in [-0.4, -0.2) is 43.2 Å². The number of aromatic nitrogens is 4. The number of likely N-dealkylation sites (tertiary alicyclic amines) is 1. The van der Waals surface area contributed by atoms with Crippen molar-refractivity contribution in [3.05, 3.63) is 53.0 Å². The summed E-state index contributed by atoms with van der Waals surface area (Å²) in [6, 6.07) is 5.16. The summed E-state index contributed by atoms with van der Waals surface area (Å²) in [5.74, 6) is -0.410. The quantitative estimate of drug-likeness (QED) is 0.697. The number of carbonyl (C=O) groups excluding carboxylic acids is 1. The third kappa shape index (κ3) is 3.30. The number of carbonyl (C=O) groups is 1. The second-order valence-electron chi connectivity index (χ2n) is 7.14. The molecule has 1 saturated heterocycles. The van der Waals surface area contributed by atoms with Crippen molar-refractivity contribution in [2.45, 2.75) is 38.6 Å². The van der Waals surface area contributed by atoms with E-state index in [1.54, 1.807) is 19.1 Å². The molecule has 1 amide bonds. The van der Waals surface area contributed by atoms with Crippen LogP contribution in [0.2, 0.25) is 0 Å². The molecule has 0 spiro atoms. The van der Waals surface area contributed by atoms with Crippen molar-refractivity contribution in [2.24, 2.45) is 0 Å². The standard InChI is InChI=1S/C20H22FN5O2/c1-14(19(27)24-10-4-2-3-5-11-24)25-13-22-18-17(20(25)28)12-23-26(18)16-8-6-15(21)7-9-16/h6-9,12-14H,2-5,10-11H2,1H3. The third-order valence-corrected chi connectivity index (χ3v) is 5.28. The topological polar surface area (TPSA) is 73.0 Å². The van der Waals surface area contributed by atoms with Crippen LogP contribution in [0.4, 0.5) is 4.39 Å². The van der Waals surface area contributed by atoms with E-state index in [1.165, 1.54) is 33.9 Å². The van der Waals surface area contributed by atoms with Gasteiger partial charge in [-0.2, -0.15) is 5.10 Å². The lowest BCUT2D eigenvalue weighted by molar-refractivity contribution is -0.134. The Kier molecular flexibility index (Phi) is 4.93. The van der Waals surface area contributed by atoms with E-state index in [2.05, 4.69) is 10.1 Å². The molecule has 1 atom stereocenters. The zero-order chi connectivity index (χ0) is 19.7. The molecule has 8 heteroatoms. The van der Waals surface area contributed by atoms with E-state index in [9.17, 15) is 14.0 Å². The summed E-state index contributed by atoms with van der Waals surface area (Å²) < 4.78 is 16.0. The summed E-state index contributed by atoms with van der Waals surface area (Å²) >= 11 is 0. The number of rotatable bonds is 3. The molecule has 1 unspecified atom stereocenters. The molecule has 0 aliphatic carbocycles. The predicted molar refractivity (Wildman–Crippen MR) is 103 cm³/mol. The highest BCUT2D eigenvalue weighted by atomic mass is 19.1. The highest BCUT2D eigenvalue weighted by Crippen LogP contribution is 2.17. The van der Waals surface area contributed by atoms with Gasteiger partial charge in [0.15, 0.2) is 5.65 Å². The smallest absolute Gasteiger partial charge is 0.265 e. The van der Waals surface area contributed by atoms with Gasteiger partial charge in [0.05, 0.1) is 11.9 Å². The van der Waals surface area contributed by atoms with Crippen LogP contribution in [0.3, 0.4) is 0 Å². The lowest BCUT2D eigenvalue weighted by Gasteiger charge is -2.25. The number of fused-ring (bicyclic) bond motifs is 1. The fraction of sp³-hybridized carbons (Fsp3) is 0.400. The number of hydrogen-bond donors (Lipinski definition) is 0. The molecule has 1 aromatic carbocycles. The second kappa shape index (κ2) is 7.53. The van der Waals surface area contributed by atoms with Crippen molar-refractivity contribution in [3.63, 3.8) is 0 Å². The molecule has 1 fully saturated rings. The van der Waals surface area contributed by atoms with Crippen molar-refractivity contribution in [1.29, 1.82) is 0 Å². The Balaban J connectivity index is 1.67. The first kappa shape index (κ1) is 18.3. The number of hydrogen-bond acceptors (Lipinski definition) is 4. The SMILES string of the molecule is CC(C(=O)N1CCCCCC1)n1cnc2c(cnn2-c2ccc(F)cc2)c1=O. The third-order valence-electron chi connectivity index (χ3n) is 5.28. The number of amides is 1. The summed E-state index contributed by atoms with van der Waals surface area (Å²) in [5.41, 5.74) is 0.672. The van der Waals surface area contributed by atoms with Gasteiger partial charge in [-0.15, -0.1) is 0 Å². The predicted octanol–water partition coefficient (Wildman–Crippen LogP) is 2.68. The molecule has 7 nitrogen and oxygen atoms in total. The van der Waals surface area contributed by atoms with Gasteiger partial charge >= 0.3 is 0 Å². The Bertz CT molecular complexity index is 1050. The Morgan fingerprint density at radius 3 is 2.46 bits per heavy atom. The van der Waals surface area contributed by atoms with Gasteiger partial charge < -0.3 is 4.90 Å². The lowest BCUT2D eigenvalue weighted by Crippen LogP contribution is -2.39. The molecular formula is C20H22FN5O2. The van der Waals surface area contributed by atoms with Gasteiger partial charge in [-0.1, -0.05) is 12.8 Å². The average Bonchev–Trinajstić information content (AvgIpc) is 2.95. The van der Waals surface area contributed by atoms with Gasteiger partial charge in [0.1, 0.15) is 23.6 Å². The normalized spacial score (nSPS) is 16.1. The fourth-order valence-electron chi connectivity index (χ4n) is 3.65. The Labute approximate surface area is 161 Å². The Morgan fingerprint density at radius 2 is 1.79 bits per heavy atom. The molecule has 4 rings (SSSR count). The number of halogens is 1. The molecule has 3 heterocycles. The van der Waals surface area contributed by atoms with Crippen LogP contribution in [-0.2, 0) is 4.79 Å². The van der Waals surface area contributed by atoms with Gasteiger partial charge in [0.2, 0.25) is 5.91 Å². The van der Waals surface area contributed by atoms with Crippen LogP contribution in [0.15, 0.2) is 41.6 Å². The second-order valence-corrected chi connectivity index (χ2v) is 7.14. The summed E-state index contributed by atoms with van der Waals surface area (Å²) in [7, 11) is 0. The van der Waals surface area contributed by atoms with E-state index in [0.717, 1.165) is 38.8 Å². The molecular weight excluding hydrogens is 361 g/mol. The highest BCUT2D eigenvalue weighted by molar-refractivity contribution is 5.81. The van der Waals surface area contributed by atoms with Gasteiger partial charge in [-0.3, -0.25) is 14.2 Å². The van der Waals surface area contributed by atoms with Gasteiger partial charge in [0, 0.05) is 13.1 Å². The minimum Gasteiger partial charge on any atom is -0.341 e. The van der Waals surface area contributed by atoms with Gasteiger partial charge in [0.25, 0.3) is 5.56 Å². The van der Waals surface area contributed by atoms with Gasteiger partial charge in [-0.25, -0.2) is 14.1 Å². The molecule has 1 aliphatic rings. The van der Waals surface area contributed by atoms with Crippen LogP contribution < -0.4 is 5.56 Å². The van der Waals surface area contributed by atoms with E-state index >= 15 is 0 Å². The van der Waals surface area contributed by atoms with Gasteiger partial charge in [-0.05, 0) is 44.0 Å². The summed E-state index contributed by atoms with van der Waals surface area (Å²) in [6.07, 6.45) is 7.09. The molecule has 1 aliphatic heterocycles. The highest BCUT2D eigenvalue weighted by Gasteiger charge is 2.24. The molecule has 28 heavy (non-hydrogen) atoms. The van der Waals surface area contributed by atoms with Crippen LogP contribution in [0, 0.1) is 5.82 Å². The number of nitrogens with zero attached hydrogens (tertiary/aromatic N) is 5. The molecule has 0 saturated carbocycles. The van der Waals surface area contributed by atoms with Crippen molar-refractivity contribution in [2.75, 3.05) is 13.1 Å².